The Bertz CT molecular complexity index is 881. The van der Waals surface area contributed by atoms with Crippen LogP contribution in [-0.4, -0.2) is 15.0 Å². The normalized spacial score (nSPS) is 11.8. The van der Waals surface area contributed by atoms with Gasteiger partial charge in [-0.1, -0.05) is 58.9 Å². The van der Waals surface area contributed by atoms with Gasteiger partial charge in [-0.25, -0.2) is 9.97 Å². The number of hydrogen-bond donors (Lipinski definition) is 1. The molecule has 0 unspecified atom stereocenters. The van der Waals surface area contributed by atoms with Crippen LogP contribution in [-0.2, 0) is 6.42 Å². The van der Waals surface area contributed by atoms with Gasteiger partial charge in [-0.3, -0.25) is 0 Å². The second kappa shape index (κ2) is 6.23. The van der Waals surface area contributed by atoms with Crippen LogP contribution in [0, 0.1) is 5.41 Å². The van der Waals surface area contributed by atoms with E-state index in [2.05, 4.69) is 68.5 Å². The first-order valence-electron chi connectivity index (χ1n) is 8.53. The first kappa shape index (κ1) is 16.4. The number of nitrogens with zero attached hydrogens (tertiary/aromatic N) is 2. The summed E-state index contributed by atoms with van der Waals surface area (Å²) in [7, 11) is 0. The third-order valence-electron chi connectivity index (χ3n) is 4.37. The summed E-state index contributed by atoms with van der Waals surface area (Å²) < 4.78 is 0. The summed E-state index contributed by atoms with van der Waals surface area (Å²) in [6.45, 7) is 13.0. The zero-order valence-corrected chi connectivity index (χ0v) is 15.0. The highest BCUT2D eigenvalue weighted by Crippen LogP contribution is 2.35. The largest absolute Gasteiger partial charge is 0.344 e. The number of rotatable bonds is 4. The van der Waals surface area contributed by atoms with Crippen molar-refractivity contribution in [1.29, 1.82) is 0 Å². The van der Waals surface area contributed by atoms with Crippen molar-refractivity contribution in [2.75, 3.05) is 0 Å². The Morgan fingerprint density at radius 2 is 2.04 bits per heavy atom. The van der Waals surface area contributed by atoms with Gasteiger partial charge in [0.15, 0.2) is 5.65 Å². The van der Waals surface area contributed by atoms with Crippen LogP contribution in [0.3, 0.4) is 0 Å². The average molecular weight is 319 g/mol. The van der Waals surface area contributed by atoms with E-state index in [-0.39, 0.29) is 5.41 Å². The summed E-state index contributed by atoms with van der Waals surface area (Å²) in [5.41, 5.74) is 7.18. The van der Waals surface area contributed by atoms with Crippen LogP contribution in [0.5, 0.6) is 0 Å². The van der Waals surface area contributed by atoms with Gasteiger partial charge < -0.3 is 4.98 Å². The van der Waals surface area contributed by atoms with Crippen LogP contribution in [0.4, 0.5) is 0 Å². The van der Waals surface area contributed by atoms with Gasteiger partial charge in [0.1, 0.15) is 5.52 Å². The molecule has 0 bridgehead atoms. The van der Waals surface area contributed by atoms with Crippen LogP contribution in [0.1, 0.15) is 45.2 Å². The molecule has 2 aromatic heterocycles. The molecule has 0 atom stereocenters. The van der Waals surface area contributed by atoms with Gasteiger partial charge in [0.05, 0.1) is 11.9 Å². The van der Waals surface area contributed by atoms with Crippen LogP contribution in [0.15, 0.2) is 43.2 Å². The zero-order valence-electron chi connectivity index (χ0n) is 15.0. The third kappa shape index (κ3) is 3.12. The molecule has 1 N–H and O–H groups in total. The molecule has 0 aliphatic rings. The molecule has 3 aromatic rings. The summed E-state index contributed by atoms with van der Waals surface area (Å²) in [5, 5.41) is 0. The number of fused-ring (bicyclic) bond motifs is 1. The molecule has 0 aliphatic carbocycles. The maximum atomic E-state index is 4.89. The highest BCUT2D eigenvalue weighted by molar-refractivity contribution is 5.89. The lowest BCUT2D eigenvalue weighted by molar-refractivity contribution is 0.568. The number of hydrogen-bond acceptors (Lipinski definition) is 2. The zero-order chi connectivity index (χ0) is 17.3. The molecular weight excluding hydrogens is 294 g/mol. The van der Waals surface area contributed by atoms with Gasteiger partial charge in [-0.05, 0) is 29.0 Å². The Labute approximate surface area is 143 Å². The molecule has 0 saturated heterocycles. The van der Waals surface area contributed by atoms with E-state index in [1.54, 1.807) is 0 Å². The van der Waals surface area contributed by atoms with Gasteiger partial charge in [0.25, 0.3) is 0 Å². The van der Waals surface area contributed by atoms with Crippen LogP contribution >= 0.6 is 0 Å². The maximum Gasteiger partial charge on any atom is 0.156 e. The molecule has 0 amide bonds. The first-order valence-corrected chi connectivity index (χ1v) is 8.53. The van der Waals surface area contributed by atoms with Crippen molar-refractivity contribution in [1.82, 2.24) is 15.0 Å². The molecule has 24 heavy (non-hydrogen) atoms. The molecule has 0 saturated carbocycles. The summed E-state index contributed by atoms with van der Waals surface area (Å²) in [5.74, 6) is 0. The first-order chi connectivity index (χ1) is 11.4. The fraction of sp³-hybridized carbons (Fsp3) is 0.333. The van der Waals surface area contributed by atoms with E-state index in [9.17, 15) is 0 Å². The van der Waals surface area contributed by atoms with E-state index < -0.39 is 0 Å². The lowest BCUT2D eigenvalue weighted by atomic mass is 9.84. The molecule has 1 aromatic carbocycles. The lowest BCUT2D eigenvalue weighted by Crippen LogP contribution is -2.07. The summed E-state index contributed by atoms with van der Waals surface area (Å²) in [6.07, 6.45) is 6.03. The smallest absolute Gasteiger partial charge is 0.156 e. The number of aryl methyl sites for hydroxylation is 1. The summed E-state index contributed by atoms with van der Waals surface area (Å²) in [4.78, 5) is 12.7. The van der Waals surface area contributed by atoms with Gasteiger partial charge in [-0.2, -0.15) is 0 Å². The monoisotopic (exact) mass is 319 g/mol. The predicted molar refractivity (Wildman–Crippen MR) is 102 cm³/mol. The molecule has 124 valence electrons. The molecule has 3 rings (SSSR count). The highest BCUT2D eigenvalue weighted by Gasteiger charge is 2.20. The van der Waals surface area contributed by atoms with E-state index in [4.69, 9.17) is 4.98 Å². The Kier molecular flexibility index (Phi) is 4.27. The molecule has 0 spiro atoms. The molecule has 2 heterocycles. The standard InChI is InChI=1S/C21H25N3/c1-6-8-15-9-7-10-16(11-15)18-13-23-20-19(24-18)17(12-22-20)14(2)21(3,4)5/h7,9-13H,2,6,8H2,1,3-5H3,(H,22,23). The Morgan fingerprint density at radius 1 is 1.25 bits per heavy atom. The van der Waals surface area contributed by atoms with E-state index in [1.165, 1.54) is 5.56 Å². The fourth-order valence-corrected chi connectivity index (χ4v) is 2.84. The van der Waals surface area contributed by atoms with Crippen molar-refractivity contribution >= 4 is 16.7 Å². The van der Waals surface area contributed by atoms with Crippen molar-refractivity contribution in [3.05, 3.63) is 54.4 Å². The molecular formula is C21H25N3. The number of allylic oxidation sites excluding steroid dienone is 1. The third-order valence-corrected chi connectivity index (χ3v) is 4.37. The van der Waals surface area contributed by atoms with Crippen LogP contribution < -0.4 is 0 Å². The van der Waals surface area contributed by atoms with Gasteiger partial charge in [-0.15, -0.1) is 0 Å². The number of nitrogens with one attached hydrogen (secondary N) is 1. The van der Waals surface area contributed by atoms with Crippen molar-refractivity contribution in [2.24, 2.45) is 5.41 Å². The van der Waals surface area contributed by atoms with E-state index in [0.29, 0.717) is 0 Å². The second-order valence-electron chi connectivity index (χ2n) is 7.33. The van der Waals surface area contributed by atoms with Crippen LogP contribution in [0.25, 0.3) is 28.0 Å². The van der Waals surface area contributed by atoms with E-state index >= 15 is 0 Å². The van der Waals surface area contributed by atoms with E-state index in [1.807, 2.05) is 12.4 Å². The van der Waals surface area contributed by atoms with Crippen LogP contribution in [0.2, 0.25) is 0 Å². The van der Waals surface area contributed by atoms with Gasteiger partial charge in [0.2, 0.25) is 0 Å². The Balaban J connectivity index is 2.08. The van der Waals surface area contributed by atoms with Crippen molar-refractivity contribution in [2.45, 2.75) is 40.5 Å². The molecule has 0 fully saturated rings. The van der Waals surface area contributed by atoms with Crippen molar-refractivity contribution < 1.29 is 0 Å². The highest BCUT2D eigenvalue weighted by atomic mass is 14.9. The topological polar surface area (TPSA) is 41.6 Å². The molecule has 0 radical (unpaired) electrons. The number of aromatic nitrogens is 3. The van der Waals surface area contributed by atoms with Gasteiger partial charge >= 0.3 is 0 Å². The van der Waals surface area contributed by atoms with Crippen molar-refractivity contribution in [3.8, 4) is 11.3 Å². The molecule has 3 heteroatoms. The minimum atomic E-state index is -0.00610. The lowest BCUT2D eigenvalue weighted by Gasteiger charge is -2.21. The quantitative estimate of drug-likeness (QED) is 0.676. The second-order valence-corrected chi connectivity index (χ2v) is 7.33. The van der Waals surface area contributed by atoms with Gasteiger partial charge in [0, 0.05) is 17.3 Å². The predicted octanol–water partition coefficient (Wildman–Crippen LogP) is 5.64. The SMILES string of the molecule is C=C(c1c[nH]c2ncc(-c3cccc(CCC)c3)nc12)C(C)(C)C. The number of benzene rings is 1. The minimum absolute atomic E-state index is 0.00610. The molecule has 0 aliphatic heterocycles. The Hall–Kier alpha value is -2.42. The van der Waals surface area contributed by atoms with Crippen molar-refractivity contribution in [3.63, 3.8) is 0 Å². The minimum Gasteiger partial charge on any atom is -0.344 e. The maximum absolute atomic E-state index is 4.89. The van der Waals surface area contributed by atoms with E-state index in [0.717, 1.165) is 46.4 Å². The fourth-order valence-electron chi connectivity index (χ4n) is 2.84. The number of H-pyrrole nitrogens is 1. The Morgan fingerprint density at radius 3 is 2.75 bits per heavy atom. The summed E-state index contributed by atoms with van der Waals surface area (Å²) in [6, 6.07) is 8.57. The number of aromatic amines is 1. The molecule has 3 nitrogen and oxygen atoms in total. The average Bonchev–Trinajstić information content (AvgIpc) is 2.96. The summed E-state index contributed by atoms with van der Waals surface area (Å²) >= 11 is 0.